The molecule has 3 aliphatic rings. The quantitative estimate of drug-likeness (QED) is 0.231. The molecule has 2 saturated heterocycles. The van der Waals surface area contributed by atoms with Gasteiger partial charge in [0.25, 0.3) is 0 Å². The van der Waals surface area contributed by atoms with Gasteiger partial charge in [-0.1, -0.05) is 29.8 Å². The Morgan fingerprint density at radius 3 is 2.69 bits per heavy atom. The zero-order valence-electron chi connectivity index (χ0n) is 22.9. The highest BCUT2D eigenvalue weighted by Gasteiger charge is 2.56. The largest absolute Gasteiger partial charge is 0.458 e. The van der Waals surface area contributed by atoms with Gasteiger partial charge in [0.15, 0.2) is 5.75 Å². The number of nitrogens with zero attached hydrogens (tertiary/aromatic N) is 7. The molecule has 220 valence electrons. The van der Waals surface area contributed by atoms with E-state index in [2.05, 4.69) is 38.6 Å². The van der Waals surface area contributed by atoms with Crippen LogP contribution in [0.5, 0.6) is 17.6 Å². The average Bonchev–Trinajstić information content (AvgIpc) is 3.49. The number of aromatic amines is 1. The Bertz CT molecular complexity index is 1690. The molecule has 2 N–H and O–H groups in total. The smallest absolute Gasteiger partial charge is 0.319 e. The Morgan fingerprint density at radius 1 is 1.17 bits per heavy atom. The van der Waals surface area contributed by atoms with Crippen molar-refractivity contribution >= 4 is 50.8 Å². The van der Waals surface area contributed by atoms with Crippen molar-refractivity contribution in [1.82, 2.24) is 34.9 Å². The number of rotatable bonds is 7. The number of fused-ring (bicyclic) bond motifs is 2. The van der Waals surface area contributed by atoms with Gasteiger partial charge in [-0.15, -0.1) is 0 Å². The van der Waals surface area contributed by atoms with Crippen LogP contribution in [-0.2, 0) is 0 Å². The molecule has 0 radical (unpaired) electrons. The number of hydrogen-bond donors (Lipinski definition) is 2. The second kappa shape index (κ2) is 10.5. The van der Waals surface area contributed by atoms with Crippen molar-refractivity contribution < 1.29 is 19.0 Å². The summed E-state index contributed by atoms with van der Waals surface area (Å²) < 4.78 is 27.4. The van der Waals surface area contributed by atoms with E-state index < -0.39 is 12.0 Å². The number of aliphatic hydroxyl groups excluding tert-OH is 1. The van der Waals surface area contributed by atoms with Gasteiger partial charge in [-0.05, 0) is 32.0 Å². The molecule has 0 amide bonds. The number of hydrogen-bond acceptors (Lipinski definition) is 10. The van der Waals surface area contributed by atoms with Crippen LogP contribution in [0.25, 0.3) is 21.8 Å². The zero-order chi connectivity index (χ0) is 29.2. The predicted octanol–water partition coefficient (Wildman–Crippen LogP) is 4.24. The molecule has 5 heterocycles. The van der Waals surface area contributed by atoms with E-state index in [-0.39, 0.29) is 39.3 Å². The summed E-state index contributed by atoms with van der Waals surface area (Å²) in [5, 5.41) is 18.0. The van der Waals surface area contributed by atoms with Crippen LogP contribution in [0.3, 0.4) is 0 Å². The number of piperazine rings is 1. The highest BCUT2D eigenvalue weighted by atomic mass is 35.5. The number of aliphatic hydroxyl groups is 1. The number of pyridine rings is 1. The first-order valence-corrected chi connectivity index (χ1v) is 14.5. The Morgan fingerprint density at radius 2 is 1.95 bits per heavy atom. The van der Waals surface area contributed by atoms with Crippen LogP contribution < -0.4 is 14.4 Å². The molecule has 2 atom stereocenters. The lowest BCUT2D eigenvalue weighted by Gasteiger charge is -2.37. The summed E-state index contributed by atoms with van der Waals surface area (Å²) in [6, 6.07) is 3.13. The molecule has 3 fully saturated rings. The first-order chi connectivity index (χ1) is 20.2. The van der Waals surface area contributed by atoms with Gasteiger partial charge in [0.1, 0.15) is 39.7 Å². The van der Waals surface area contributed by atoms with Gasteiger partial charge in [-0.3, -0.25) is 10.00 Å². The Hall–Kier alpha value is -3.29. The van der Waals surface area contributed by atoms with Crippen molar-refractivity contribution in [3.05, 3.63) is 47.0 Å². The molecule has 11 nitrogen and oxygen atoms in total. The van der Waals surface area contributed by atoms with Crippen LogP contribution in [0.4, 0.5) is 10.2 Å². The van der Waals surface area contributed by atoms with Gasteiger partial charge in [0, 0.05) is 50.7 Å². The van der Waals surface area contributed by atoms with Gasteiger partial charge >= 0.3 is 6.01 Å². The molecule has 2 aliphatic heterocycles. The van der Waals surface area contributed by atoms with Gasteiger partial charge < -0.3 is 24.4 Å². The maximum absolute atomic E-state index is 14.7. The number of nitrogens with one attached hydrogen (secondary N) is 1. The monoisotopic (exact) mass is 614 g/mol. The van der Waals surface area contributed by atoms with Gasteiger partial charge in [0.2, 0.25) is 5.88 Å². The van der Waals surface area contributed by atoms with Crippen molar-refractivity contribution in [2.75, 3.05) is 51.2 Å². The number of likely N-dealkylation sites (N-methyl/N-ethyl adjacent to an activating group) is 1. The summed E-state index contributed by atoms with van der Waals surface area (Å²) in [5.41, 5.74) is 0.873. The molecule has 1 spiro atoms. The molecule has 7 rings (SSSR count). The maximum atomic E-state index is 14.7. The van der Waals surface area contributed by atoms with Crippen LogP contribution in [0.15, 0.2) is 31.0 Å². The highest BCUT2D eigenvalue weighted by Crippen LogP contribution is 2.53. The van der Waals surface area contributed by atoms with Crippen molar-refractivity contribution in [3.8, 4) is 17.6 Å². The van der Waals surface area contributed by atoms with Crippen LogP contribution in [0.2, 0.25) is 10.2 Å². The molecular weight excluding hydrogens is 586 g/mol. The summed E-state index contributed by atoms with van der Waals surface area (Å²) in [4.78, 5) is 20.4. The van der Waals surface area contributed by atoms with Crippen LogP contribution >= 0.6 is 23.2 Å². The zero-order valence-corrected chi connectivity index (χ0v) is 24.4. The van der Waals surface area contributed by atoms with Gasteiger partial charge in [-0.2, -0.15) is 20.1 Å². The number of benzene rings is 1. The molecule has 1 aliphatic carbocycles. The van der Waals surface area contributed by atoms with Crippen molar-refractivity contribution in [1.29, 1.82) is 0 Å². The third kappa shape index (κ3) is 4.80. The number of aromatic nitrogens is 5. The Kier molecular flexibility index (Phi) is 6.86. The van der Waals surface area contributed by atoms with Crippen LogP contribution in [0, 0.1) is 11.2 Å². The number of anilines is 1. The lowest BCUT2D eigenvalue weighted by molar-refractivity contribution is 0.0379. The van der Waals surface area contributed by atoms with Gasteiger partial charge in [-0.25, -0.2) is 4.39 Å². The Labute approximate surface area is 250 Å². The minimum absolute atomic E-state index is 0.0337. The average molecular weight is 615 g/mol. The molecule has 42 heavy (non-hydrogen) atoms. The Balaban J connectivity index is 1.33. The number of halogens is 3. The van der Waals surface area contributed by atoms with E-state index in [0.717, 1.165) is 25.9 Å². The fourth-order valence-corrected chi connectivity index (χ4v) is 6.44. The van der Waals surface area contributed by atoms with E-state index in [0.29, 0.717) is 53.8 Å². The fourth-order valence-electron chi connectivity index (χ4n) is 6.06. The molecule has 1 saturated carbocycles. The summed E-state index contributed by atoms with van der Waals surface area (Å²) in [7, 11) is 2.09. The van der Waals surface area contributed by atoms with E-state index >= 15 is 0 Å². The lowest BCUT2D eigenvalue weighted by atomic mass is 10.0. The minimum Gasteiger partial charge on any atom is -0.458 e. The number of likely N-dealkylation sites (tertiary alicyclic amines) is 1. The molecular formula is C28H29Cl2FN8O3. The first-order valence-electron chi connectivity index (χ1n) is 13.8. The molecule has 0 bridgehead atoms. The summed E-state index contributed by atoms with van der Waals surface area (Å²) in [6.07, 6.45) is 4.43. The topological polar surface area (TPSA) is 116 Å². The number of H-pyrrole nitrogens is 1. The van der Waals surface area contributed by atoms with E-state index in [1.165, 1.54) is 18.3 Å². The highest BCUT2D eigenvalue weighted by molar-refractivity contribution is 6.33. The third-order valence-corrected chi connectivity index (χ3v) is 9.00. The molecule has 4 aromatic rings. The molecule has 1 aromatic carbocycles. The van der Waals surface area contributed by atoms with Crippen molar-refractivity contribution in [2.24, 2.45) is 5.41 Å². The molecule has 14 heteroatoms. The predicted molar refractivity (Wildman–Crippen MR) is 157 cm³/mol. The summed E-state index contributed by atoms with van der Waals surface area (Å²) >= 11 is 12.9. The van der Waals surface area contributed by atoms with Crippen LogP contribution in [-0.4, -0.2) is 98.7 Å². The maximum Gasteiger partial charge on any atom is 0.319 e. The lowest BCUT2D eigenvalue weighted by Crippen LogP contribution is -2.50. The fraction of sp³-hybridized carbons (Fsp3) is 0.429. The second-order valence-corrected chi connectivity index (χ2v) is 12.0. The van der Waals surface area contributed by atoms with E-state index in [1.807, 2.05) is 4.90 Å². The molecule has 3 aromatic heterocycles. The van der Waals surface area contributed by atoms with Crippen molar-refractivity contribution in [2.45, 2.75) is 25.2 Å². The van der Waals surface area contributed by atoms with E-state index in [4.69, 9.17) is 42.6 Å². The van der Waals surface area contributed by atoms with E-state index in [9.17, 15) is 9.50 Å². The standard InChI is InChI=1S/C28H29Cl2FN8O3/c1-3-21(40)38-6-8-39(9-7-38)25-15-10-20(29)33-26(42-24-16-12-32-36-18(16)11-17(31)22(24)30)23(15)34-27(35-25)41-19-13-37(2)14-28(19)4-5-28/h3,10-12,19,21,40H,1,4-9,13-14H2,2H3,(H,32,36). The van der Waals surface area contributed by atoms with Crippen LogP contribution in [0.1, 0.15) is 12.8 Å². The SMILES string of the molecule is C=CC(O)N1CCN(c2nc(OC3CN(C)CC34CC4)nc3c(Oc4c(Cl)c(F)cc5[nH]ncc45)nc(Cl)cc23)CC1. The first kappa shape index (κ1) is 27.5. The normalized spacial score (nSPS) is 21.4. The van der Waals surface area contributed by atoms with Gasteiger partial charge in [0.05, 0.1) is 22.5 Å². The second-order valence-electron chi connectivity index (χ2n) is 11.2. The third-order valence-electron chi connectivity index (χ3n) is 8.46. The minimum atomic E-state index is -0.725. The summed E-state index contributed by atoms with van der Waals surface area (Å²) in [5.74, 6) is 0.00697. The number of ether oxygens (including phenoxy) is 2. The summed E-state index contributed by atoms with van der Waals surface area (Å²) in [6.45, 7) is 7.77. The molecule has 2 unspecified atom stereocenters. The van der Waals surface area contributed by atoms with Crippen molar-refractivity contribution in [3.63, 3.8) is 0 Å². The van der Waals surface area contributed by atoms with E-state index in [1.54, 1.807) is 6.07 Å².